The van der Waals surface area contributed by atoms with Gasteiger partial charge in [-0.1, -0.05) is 39.5 Å². The van der Waals surface area contributed by atoms with Gasteiger partial charge in [0.15, 0.2) is 5.76 Å². The molecule has 0 aliphatic carbocycles. The normalized spacial score (nSPS) is 11.8. The van der Waals surface area contributed by atoms with Crippen molar-refractivity contribution in [3.8, 4) is 0 Å². The third kappa shape index (κ3) is 5.82. The quantitative estimate of drug-likeness (QED) is 0.389. The van der Waals surface area contributed by atoms with E-state index >= 15 is 0 Å². The predicted octanol–water partition coefficient (Wildman–Crippen LogP) is 2.72. The zero-order chi connectivity index (χ0) is 17.3. The maximum Gasteiger partial charge on any atom is 0.433 e. The molecule has 0 atom stereocenters. The summed E-state index contributed by atoms with van der Waals surface area (Å²) in [6.45, 7) is 4.08. The van der Waals surface area contributed by atoms with E-state index in [1.54, 1.807) is 0 Å². The number of nitrogens with zero attached hydrogens (tertiary/aromatic N) is 2. The molecule has 0 aliphatic heterocycles. The van der Waals surface area contributed by atoms with Crippen molar-refractivity contribution in [1.82, 2.24) is 5.43 Å². The topological polar surface area (TPSA) is 124 Å². The van der Waals surface area contributed by atoms with E-state index in [9.17, 15) is 14.9 Å². The fourth-order valence-electron chi connectivity index (χ4n) is 2.11. The number of hydrazone groups is 1. The van der Waals surface area contributed by atoms with E-state index in [1.165, 1.54) is 18.3 Å². The van der Waals surface area contributed by atoms with Gasteiger partial charge in [-0.2, -0.15) is 5.10 Å². The molecule has 128 valence electrons. The number of nitrogens with one attached hydrogen (secondary N) is 1. The standard InChI is InChI=1S/C15H24N4O4/c1-3-5-9-15(16,10-6-4-2)14(20)18-17-11-12-7-8-13(23-12)19(21)22/h7-8,11H,3-6,9-10,16H2,1-2H3,(H,18,20)/b17-11+. The van der Waals surface area contributed by atoms with Crippen LogP contribution in [-0.4, -0.2) is 22.6 Å². The second-order valence-electron chi connectivity index (χ2n) is 5.50. The monoisotopic (exact) mass is 324 g/mol. The SMILES string of the molecule is CCCCC(N)(CCCC)C(=O)N/N=C/c1ccc([N+](=O)[O-])o1. The number of carbonyl (C=O) groups excluding carboxylic acids is 1. The van der Waals surface area contributed by atoms with Crippen molar-refractivity contribution in [1.29, 1.82) is 0 Å². The van der Waals surface area contributed by atoms with E-state index in [-0.39, 0.29) is 17.6 Å². The summed E-state index contributed by atoms with van der Waals surface area (Å²) in [5, 5.41) is 14.3. The zero-order valence-corrected chi connectivity index (χ0v) is 13.6. The molecule has 1 amide bonds. The number of rotatable bonds is 10. The van der Waals surface area contributed by atoms with Gasteiger partial charge in [0.25, 0.3) is 5.91 Å². The molecule has 1 heterocycles. The largest absolute Gasteiger partial charge is 0.433 e. The number of amides is 1. The fraction of sp³-hybridized carbons (Fsp3) is 0.600. The van der Waals surface area contributed by atoms with Crippen LogP contribution in [0, 0.1) is 10.1 Å². The maximum absolute atomic E-state index is 12.3. The maximum atomic E-state index is 12.3. The van der Waals surface area contributed by atoms with E-state index < -0.39 is 10.5 Å². The Morgan fingerprint density at radius 3 is 2.48 bits per heavy atom. The molecule has 0 radical (unpaired) electrons. The molecule has 0 aromatic carbocycles. The fourth-order valence-corrected chi connectivity index (χ4v) is 2.11. The van der Waals surface area contributed by atoms with E-state index in [2.05, 4.69) is 10.5 Å². The van der Waals surface area contributed by atoms with E-state index in [1.807, 2.05) is 13.8 Å². The predicted molar refractivity (Wildman–Crippen MR) is 87.1 cm³/mol. The Balaban J connectivity index is 2.65. The van der Waals surface area contributed by atoms with Crippen LogP contribution in [0.2, 0.25) is 0 Å². The first-order valence-electron chi connectivity index (χ1n) is 7.79. The number of furan rings is 1. The Bertz CT molecular complexity index is 545. The lowest BCUT2D eigenvalue weighted by Crippen LogP contribution is -2.52. The highest BCUT2D eigenvalue weighted by Gasteiger charge is 2.32. The summed E-state index contributed by atoms with van der Waals surface area (Å²) in [4.78, 5) is 22.2. The van der Waals surface area contributed by atoms with E-state index in [4.69, 9.17) is 10.2 Å². The highest BCUT2D eigenvalue weighted by atomic mass is 16.6. The minimum Gasteiger partial charge on any atom is -0.400 e. The molecule has 8 heteroatoms. The first-order valence-corrected chi connectivity index (χ1v) is 7.79. The summed E-state index contributed by atoms with van der Waals surface area (Å²) in [5.74, 6) is -0.546. The summed E-state index contributed by atoms with van der Waals surface area (Å²) in [5.41, 5.74) is 7.70. The molecule has 0 saturated carbocycles. The molecule has 0 aliphatic rings. The molecule has 0 saturated heterocycles. The third-order valence-electron chi connectivity index (χ3n) is 3.56. The molecule has 0 spiro atoms. The minimum atomic E-state index is -0.946. The summed E-state index contributed by atoms with van der Waals surface area (Å²) in [6.07, 6.45) is 6.04. The van der Waals surface area contributed by atoms with Crippen LogP contribution < -0.4 is 11.2 Å². The summed E-state index contributed by atoms with van der Waals surface area (Å²) < 4.78 is 4.91. The molecule has 1 aromatic rings. The second kappa shape index (κ2) is 9.04. The average Bonchev–Trinajstić information content (AvgIpc) is 3.00. The molecule has 0 bridgehead atoms. The summed E-state index contributed by atoms with van der Waals surface area (Å²) in [7, 11) is 0. The Morgan fingerprint density at radius 1 is 1.39 bits per heavy atom. The van der Waals surface area contributed by atoms with Crippen LogP contribution in [-0.2, 0) is 4.79 Å². The van der Waals surface area contributed by atoms with Gasteiger partial charge in [-0.15, -0.1) is 0 Å². The number of unbranched alkanes of at least 4 members (excludes halogenated alkanes) is 2. The number of hydrogen-bond donors (Lipinski definition) is 2. The summed E-state index contributed by atoms with van der Waals surface area (Å²) >= 11 is 0. The van der Waals surface area contributed by atoms with Gasteiger partial charge in [0.2, 0.25) is 0 Å². The van der Waals surface area contributed by atoms with Crippen molar-refractivity contribution in [2.45, 2.75) is 57.9 Å². The Hall–Kier alpha value is -2.22. The van der Waals surface area contributed by atoms with Crippen LogP contribution in [0.15, 0.2) is 21.7 Å². The van der Waals surface area contributed by atoms with Crippen LogP contribution in [0.25, 0.3) is 0 Å². The van der Waals surface area contributed by atoms with E-state index in [0.717, 1.165) is 25.7 Å². The van der Waals surface area contributed by atoms with Crippen molar-refractivity contribution in [3.63, 3.8) is 0 Å². The van der Waals surface area contributed by atoms with Crippen LogP contribution >= 0.6 is 0 Å². The highest BCUT2D eigenvalue weighted by molar-refractivity contribution is 5.87. The Labute approximate surface area is 135 Å². The van der Waals surface area contributed by atoms with Crippen molar-refractivity contribution in [2.24, 2.45) is 10.8 Å². The van der Waals surface area contributed by atoms with Gasteiger partial charge in [0.05, 0.1) is 17.8 Å². The van der Waals surface area contributed by atoms with E-state index in [0.29, 0.717) is 12.8 Å². The Morgan fingerprint density at radius 2 is 2.00 bits per heavy atom. The lowest BCUT2D eigenvalue weighted by molar-refractivity contribution is -0.402. The van der Waals surface area contributed by atoms with Gasteiger partial charge in [0, 0.05) is 0 Å². The lowest BCUT2D eigenvalue weighted by atomic mass is 9.87. The number of hydrogen-bond acceptors (Lipinski definition) is 6. The number of nitrogens with two attached hydrogens (primary N) is 1. The van der Waals surface area contributed by atoms with Crippen LogP contribution in [0.4, 0.5) is 5.88 Å². The lowest BCUT2D eigenvalue weighted by Gasteiger charge is -2.27. The molecule has 3 N–H and O–H groups in total. The minimum absolute atomic E-state index is 0.182. The molecule has 23 heavy (non-hydrogen) atoms. The molecule has 0 fully saturated rings. The first-order chi connectivity index (χ1) is 10.9. The molecule has 1 rings (SSSR count). The molecule has 8 nitrogen and oxygen atoms in total. The molecule has 0 unspecified atom stereocenters. The Kier molecular flexibility index (Phi) is 7.40. The van der Waals surface area contributed by atoms with Crippen LogP contribution in [0.3, 0.4) is 0 Å². The first kappa shape index (κ1) is 18.8. The molecular formula is C15H24N4O4. The molecule has 1 aromatic heterocycles. The average molecular weight is 324 g/mol. The van der Waals surface area contributed by atoms with Gasteiger partial charge in [-0.3, -0.25) is 14.9 Å². The number of nitro groups is 1. The van der Waals surface area contributed by atoms with Crippen LogP contribution in [0.5, 0.6) is 0 Å². The van der Waals surface area contributed by atoms with Crippen molar-refractivity contribution >= 4 is 18.0 Å². The number of carbonyl (C=O) groups is 1. The summed E-state index contributed by atoms with van der Waals surface area (Å²) in [6, 6.07) is 2.62. The zero-order valence-electron chi connectivity index (χ0n) is 13.6. The van der Waals surface area contributed by atoms with Crippen molar-refractivity contribution in [2.75, 3.05) is 0 Å². The second-order valence-corrected chi connectivity index (χ2v) is 5.50. The van der Waals surface area contributed by atoms with Gasteiger partial charge in [-0.05, 0) is 18.9 Å². The van der Waals surface area contributed by atoms with Crippen molar-refractivity contribution in [3.05, 3.63) is 28.0 Å². The third-order valence-corrected chi connectivity index (χ3v) is 3.56. The van der Waals surface area contributed by atoms with Crippen LogP contribution in [0.1, 0.15) is 58.1 Å². The van der Waals surface area contributed by atoms with Crippen molar-refractivity contribution < 1.29 is 14.1 Å². The molecular weight excluding hydrogens is 300 g/mol. The van der Waals surface area contributed by atoms with Gasteiger partial charge < -0.3 is 10.2 Å². The van der Waals surface area contributed by atoms with Gasteiger partial charge in [0.1, 0.15) is 4.92 Å². The highest BCUT2D eigenvalue weighted by Crippen LogP contribution is 2.19. The van der Waals surface area contributed by atoms with Gasteiger partial charge in [-0.25, -0.2) is 5.43 Å². The smallest absolute Gasteiger partial charge is 0.400 e. The van der Waals surface area contributed by atoms with Gasteiger partial charge >= 0.3 is 5.88 Å².